The van der Waals surface area contributed by atoms with Crippen LogP contribution in [0.2, 0.25) is 0 Å². The van der Waals surface area contributed by atoms with Crippen molar-refractivity contribution in [3.05, 3.63) is 29.3 Å². The molecule has 0 fully saturated rings. The Morgan fingerprint density at radius 3 is 2.48 bits per heavy atom. The van der Waals surface area contributed by atoms with Crippen molar-refractivity contribution in [2.24, 2.45) is 4.99 Å². The van der Waals surface area contributed by atoms with E-state index < -0.39 is 5.97 Å². The van der Waals surface area contributed by atoms with Crippen molar-refractivity contribution in [1.29, 1.82) is 0 Å². The highest BCUT2D eigenvalue weighted by Gasteiger charge is 2.16. The third kappa shape index (κ3) is 6.62. The van der Waals surface area contributed by atoms with E-state index >= 15 is 0 Å². The van der Waals surface area contributed by atoms with E-state index in [1.807, 2.05) is 26.8 Å². The summed E-state index contributed by atoms with van der Waals surface area (Å²) >= 11 is 0. The number of benzene rings is 1. The molecular formula is C18H29N3O4. The van der Waals surface area contributed by atoms with Gasteiger partial charge in [-0.1, -0.05) is 6.07 Å². The van der Waals surface area contributed by atoms with Crippen molar-refractivity contribution >= 4 is 11.9 Å². The largest absolute Gasteiger partial charge is 0.496 e. The van der Waals surface area contributed by atoms with Gasteiger partial charge >= 0.3 is 5.97 Å². The molecule has 0 atom stereocenters. The lowest BCUT2D eigenvalue weighted by molar-refractivity contribution is 0.0268. The average molecular weight is 351 g/mol. The first-order valence-corrected chi connectivity index (χ1v) is 8.19. The molecule has 1 aromatic carbocycles. The zero-order valence-corrected chi connectivity index (χ0v) is 15.9. The van der Waals surface area contributed by atoms with Crippen molar-refractivity contribution < 1.29 is 19.0 Å². The number of hydrogen-bond acceptors (Lipinski definition) is 5. The second kappa shape index (κ2) is 9.88. The van der Waals surface area contributed by atoms with Crippen LogP contribution in [0.25, 0.3) is 0 Å². The lowest BCUT2D eigenvalue weighted by atomic mass is 10.1. The molecule has 1 rings (SSSR count). The zero-order valence-electron chi connectivity index (χ0n) is 15.9. The minimum absolute atomic E-state index is 0.290. The molecule has 7 heteroatoms. The Bertz CT molecular complexity index is 600. The normalized spacial score (nSPS) is 11.8. The monoisotopic (exact) mass is 351 g/mol. The van der Waals surface area contributed by atoms with Gasteiger partial charge in [0.1, 0.15) is 11.3 Å². The number of nitrogens with one attached hydrogen (secondary N) is 2. The van der Waals surface area contributed by atoms with Gasteiger partial charge in [0.25, 0.3) is 0 Å². The van der Waals surface area contributed by atoms with E-state index in [1.165, 1.54) is 14.2 Å². The van der Waals surface area contributed by atoms with Gasteiger partial charge in [0, 0.05) is 20.2 Å². The van der Waals surface area contributed by atoms with Gasteiger partial charge in [0.05, 0.1) is 26.4 Å². The number of aliphatic imine (C=N–C) groups is 1. The predicted octanol–water partition coefficient (Wildman–Crippen LogP) is 1.96. The van der Waals surface area contributed by atoms with Crippen molar-refractivity contribution in [2.45, 2.75) is 32.9 Å². The van der Waals surface area contributed by atoms with Crippen LogP contribution in [-0.2, 0) is 16.0 Å². The van der Waals surface area contributed by atoms with E-state index in [2.05, 4.69) is 15.6 Å². The number of nitrogens with zero attached hydrogens (tertiary/aromatic N) is 1. The molecule has 25 heavy (non-hydrogen) atoms. The molecule has 0 bridgehead atoms. The molecule has 0 amide bonds. The van der Waals surface area contributed by atoms with Crippen LogP contribution in [0.3, 0.4) is 0 Å². The molecule has 0 aliphatic heterocycles. The van der Waals surface area contributed by atoms with Crippen LogP contribution in [-0.4, -0.2) is 51.9 Å². The molecule has 0 saturated carbocycles. The first kappa shape index (κ1) is 20.8. The van der Waals surface area contributed by atoms with E-state index in [4.69, 9.17) is 14.2 Å². The number of ether oxygens (including phenoxy) is 3. The van der Waals surface area contributed by atoms with Crippen molar-refractivity contribution in [3.8, 4) is 5.75 Å². The summed E-state index contributed by atoms with van der Waals surface area (Å²) in [4.78, 5) is 16.3. The van der Waals surface area contributed by atoms with Gasteiger partial charge in [0.2, 0.25) is 0 Å². The lowest BCUT2D eigenvalue weighted by Gasteiger charge is -2.24. The van der Waals surface area contributed by atoms with Gasteiger partial charge in [-0.2, -0.15) is 0 Å². The smallest absolute Gasteiger partial charge is 0.341 e. The molecule has 0 aliphatic carbocycles. The molecule has 0 aliphatic rings. The molecule has 1 aromatic rings. The Kier molecular flexibility index (Phi) is 8.21. The highest BCUT2D eigenvalue weighted by atomic mass is 16.5. The number of carbonyl (C=O) groups is 1. The number of esters is 1. The topological polar surface area (TPSA) is 81.2 Å². The minimum atomic E-state index is -0.427. The number of guanidine groups is 1. The van der Waals surface area contributed by atoms with Gasteiger partial charge in [-0.15, -0.1) is 0 Å². The van der Waals surface area contributed by atoms with Crippen LogP contribution in [0.1, 0.15) is 36.7 Å². The molecule has 0 radical (unpaired) electrons. The Balaban J connectivity index is 2.86. The summed E-state index contributed by atoms with van der Waals surface area (Å²) in [5, 5.41) is 6.45. The van der Waals surface area contributed by atoms with E-state index in [-0.39, 0.29) is 5.60 Å². The quantitative estimate of drug-likeness (QED) is 0.423. The lowest BCUT2D eigenvalue weighted by Crippen LogP contribution is -2.45. The number of carbonyl (C=O) groups excluding carboxylic acids is 1. The second-order valence-corrected chi connectivity index (χ2v) is 6.04. The Morgan fingerprint density at radius 2 is 1.92 bits per heavy atom. The number of rotatable bonds is 8. The summed E-state index contributed by atoms with van der Waals surface area (Å²) in [5.74, 6) is 0.741. The Labute approximate surface area is 149 Å². The first-order chi connectivity index (χ1) is 11.9. The fraction of sp³-hybridized carbons (Fsp3) is 0.556. The molecule has 0 aromatic heterocycles. The van der Waals surface area contributed by atoms with Gasteiger partial charge in [-0.05, 0) is 38.5 Å². The Hall–Kier alpha value is -2.28. The van der Waals surface area contributed by atoms with Gasteiger partial charge in [-0.25, -0.2) is 9.79 Å². The van der Waals surface area contributed by atoms with E-state index in [0.717, 1.165) is 12.1 Å². The molecule has 140 valence electrons. The van der Waals surface area contributed by atoms with Gasteiger partial charge in [0.15, 0.2) is 5.96 Å². The summed E-state index contributed by atoms with van der Waals surface area (Å²) in [6, 6.07) is 5.31. The summed E-state index contributed by atoms with van der Waals surface area (Å²) in [5.41, 5.74) is 1.03. The molecule has 0 spiro atoms. The van der Waals surface area contributed by atoms with Gasteiger partial charge < -0.3 is 24.8 Å². The predicted molar refractivity (Wildman–Crippen MR) is 98.2 cm³/mol. The van der Waals surface area contributed by atoms with Crippen molar-refractivity contribution in [2.75, 3.05) is 34.4 Å². The summed E-state index contributed by atoms with van der Waals surface area (Å²) in [6.45, 7) is 7.83. The van der Waals surface area contributed by atoms with Crippen LogP contribution >= 0.6 is 0 Å². The summed E-state index contributed by atoms with van der Waals surface area (Å²) in [7, 11) is 4.55. The zero-order chi connectivity index (χ0) is 18.9. The van der Waals surface area contributed by atoms with Crippen LogP contribution in [0.15, 0.2) is 23.2 Å². The number of methoxy groups -OCH3 is 3. The maximum atomic E-state index is 11.7. The second-order valence-electron chi connectivity index (χ2n) is 6.04. The fourth-order valence-electron chi connectivity index (χ4n) is 1.99. The van der Waals surface area contributed by atoms with E-state index in [0.29, 0.717) is 30.4 Å². The maximum Gasteiger partial charge on any atom is 0.341 e. The third-order valence-corrected chi connectivity index (χ3v) is 3.67. The highest BCUT2D eigenvalue weighted by Crippen LogP contribution is 2.21. The average Bonchev–Trinajstić information content (AvgIpc) is 2.63. The molecule has 0 unspecified atom stereocenters. The van der Waals surface area contributed by atoms with Crippen LogP contribution < -0.4 is 15.4 Å². The van der Waals surface area contributed by atoms with Crippen LogP contribution in [0, 0.1) is 0 Å². The molecular weight excluding hydrogens is 322 g/mol. The summed E-state index contributed by atoms with van der Waals surface area (Å²) < 4.78 is 15.4. The maximum absolute atomic E-state index is 11.7. The summed E-state index contributed by atoms with van der Waals surface area (Å²) in [6.07, 6.45) is 0. The van der Waals surface area contributed by atoms with E-state index in [1.54, 1.807) is 19.2 Å². The van der Waals surface area contributed by atoms with E-state index in [9.17, 15) is 4.79 Å². The Morgan fingerprint density at radius 1 is 1.20 bits per heavy atom. The first-order valence-electron chi connectivity index (χ1n) is 8.19. The molecule has 7 nitrogen and oxygen atoms in total. The third-order valence-electron chi connectivity index (χ3n) is 3.67. The van der Waals surface area contributed by atoms with Crippen LogP contribution in [0.4, 0.5) is 0 Å². The molecule has 2 N–H and O–H groups in total. The molecule has 0 saturated heterocycles. The van der Waals surface area contributed by atoms with Gasteiger partial charge in [-0.3, -0.25) is 0 Å². The number of hydrogen-bond donors (Lipinski definition) is 2. The SMILES string of the molecule is CCNC(=NCc1ccc(C(=O)OC)c(OC)c1)NCC(C)(C)OC. The highest BCUT2D eigenvalue weighted by molar-refractivity contribution is 5.92. The van der Waals surface area contributed by atoms with Crippen molar-refractivity contribution in [1.82, 2.24) is 10.6 Å². The standard InChI is InChI=1S/C18H29N3O4/c1-7-19-17(21-12-18(2,3)25-6)20-11-13-8-9-14(16(22)24-5)15(10-13)23-4/h8-10H,7,11-12H2,1-6H3,(H2,19,20,21). The van der Waals surface area contributed by atoms with Crippen molar-refractivity contribution in [3.63, 3.8) is 0 Å². The fourth-order valence-corrected chi connectivity index (χ4v) is 1.99. The minimum Gasteiger partial charge on any atom is -0.496 e. The van der Waals surface area contributed by atoms with Crippen LogP contribution in [0.5, 0.6) is 5.75 Å². The molecule has 0 heterocycles.